The van der Waals surface area contributed by atoms with E-state index < -0.39 is 0 Å². The SMILES string of the molecule is CCc1cc(CC)n(-c2cc3nc(C)sc3cc2N)n1. The Bertz CT molecular complexity index is 770. The molecule has 3 aromatic rings. The van der Waals surface area contributed by atoms with Crippen LogP contribution in [0, 0.1) is 6.92 Å². The number of nitrogens with two attached hydrogens (primary N) is 1. The predicted molar refractivity (Wildman–Crippen MR) is 84.6 cm³/mol. The maximum Gasteiger partial charge on any atom is 0.0907 e. The number of hydrogen-bond acceptors (Lipinski definition) is 4. The number of aromatic nitrogens is 3. The Balaban J connectivity index is 2.22. The molecule has 0 unspecified atom stereocenters. The molecule has 20 heavy (non-hydrogen) atoms. The third-order valence-electron chi connectivity index (χ3n) is 3.43. The van der Waals surface area contributed by atoms with Gasteiger partial charge in [0.25, 0.3) is 0 Å². The first-order valence-corrected chi connectivity index (χ1v) is 7.68. The van der Waals surface area contributed by atoms with Gasteiger partial charge in [-0.15, -0.1) is 11.3 Å². The van der Waals surface area contributed by atoms with Crippen LogP contribution >= 0.6 is 11.3 Å². The number of anilines is 1. The molecular weight excluding hydrogens is 268 g/mol. The average Bonchev–Trinajstić information content (AvgIpc) is 2.99. The first-order valence-electron chi connectivity index (χ1n) is 6.87. The fourth-order valence-corrected chi connectivity index (χ4v) is 3.24. The summed E-state index contributed by atoms with van der Waals surface area (Å²) in [5.41, 5.74) is 11.2. The van der Waals surface area contributed by atoms with E-state index in [-0.39, 0.29) is 0 Å². The minimum Gasteiger partial charge on any atom is -0.397 e. The van der Waals surface area contributed by atoms with Crippen LogP contribution in [0.4, 0.5) is 5.69 Å². The molecule has 2 aromatic heterocycles. The van der Waals surface area contributed by atoms with Gasteiger partial charge in [-0.3, -0.25) is 0 Å². The highest BCUT2D eigenvalue weighted by Crippen LogP contribution is 2.29. The molecule has 0 bridgehead atoms. The smallest absolute Gasteiger partial charge is 0.0907 e. The maximum absolute atomic E-state index is 6.22. The van der Waals surface area contributed by atoms with E-state index in [4.69, 9.17) is 5.73 Å². The van der Waals surface area contributed by atoms with Crippen LogP contribution in [-0.4, -0.2) is 14.8 Å². The summed E-state index contributed by atoms with van der Waals surface area (Å²) in [5, 5.41) is 5.71. The molecule has 0 aliphatic carbocycles. The van der Waals surface area contributed by atoms with Gasteiger partial charge in [0.05, 0.1) is 32.3 Å². The molecule has 1 aromatic carbocycles. The predicted octanol–water partition coefficient (Wildman–Crippen LogP) is 3.50. The monoisotopic (exact) mass is 286 g/mol. The molecular formula is C15H18N4S. The van der Waals surface area contributed by atoms with Crippen molar-refractivity contribution in [2.75, 3.05) is 5.73 Å². The molecule has 5 heteroatoms. The standard InChI is InChI=1S/C15H18N4S/c1-4-10-6-11(5-2)19(18-10)14-8-13-15(7-12(14)16)20-9(3)17-13/h6-8H,4-5,16H2,1-3H3. The molecule has 0 aliphatic heterocycles. The summed E-state index contributed by atoms with van der Waals surface area (Å²) in [7, 11) is 0. The lowest BCUT2D eigenvalue weighted by Gasteiger charge is -2.09. The lowest BCUT2D eigenvalue weighted by Crippen LogP contribution is -2.05. The van der Waals surface area contributed by atoms with Crippen molar-refractivity contribution in [2.45, 2.75) is 33.6 Å². The molecule has 0 atom stereocenters. The number of thiazole rings is 1. The van der Waals surface area contributed by atoms with Gasteiger partial charge in [0.1, 0.15) is 0 Å². The van der Waals surface area contributed by atoms with Gasteiger partial charge in [-0.25, -0.2) is 9.67 Å². The van der Waals surface area contributed by atoms with Gasteiger partial charge in [-0.1, -0.05) is 13.8 Å². The zero-order chi connectivity index (χ0) is 14.3. The molecule has 0 aliphatic rings. The molecule has 4 nitrogen and oxygen atoms in total. The third kappa shape index (κ3) is 2.08. The van der Waals surface area contributed by atoms with Crippen molar-refractivity contribution < 1.29 is 0 Å². The topological polar surface area (TPSA) is 56.7 Å². The van der Waals surface area contributed by atoms with Crippen LogP contribution in [0.3, 0.4) is 0 Å². The average molecular weight is 286 g/mol. The van der Waals surface area contributed by atoms with Crippen molar-refractivity contribution in [3.8, 4) is 5.69 Å². The number of fused-ring (bicyclic) bond motifs is 1. The molecule has 0 spiro atoms. The molecule has 0 saturated heterocycles. The lowest BCUT2D eigenvalue weighted by molar-refractivity contribution is 0.796. The number of aryl methyl sites for hydroxylation is 3. The largest absolute Gasteiger partial charge is 0.397 e. The van der Waals surface area contributed by atoms with E-state index in [1.54, 1.807) is 11.3 Å². The third-order valence-corrected chi connectivity index (χ3v) is 4.36. The Morgan fingerprint density at radius 2 is 2.00 bits per heavy atom. The van der Waals surface area contributed by atoms with Crippen molar-refractivity contribution in [3.63, 3.8) is 0 Å². The fourth-order valence-electron chi connectivity index (χ4n) is 2.39. The van der Waals surface area contributed by atoms with Gasteiger partial charge < -0.3 is 5.73 Å². The summed E-state index contributed by atoms with van der Waals surface area (Å²) in [6.07, 6.45) is 1.86. The summed E-state index contributed by atoms with van der Waals surface area (Å²) in [5.74, 6) is 0. The fraction of sp³-hybridized carbons (Fsp3) is 0.333. The van der Waals surface area contributed by atoms with Gasteiger partial charge in [-0.2, -0.15) is 5.10 Å². The van der Waals surface area contributed by atoms with E-state index in [1.165, 1.54) is 5.69 Å². The van der Waals surface area contributed by atoms with E-state index in [1.807, 2.05) is 23.7 Å². The molecule has 0 amide bonds. The van der Waals surface area contributed by atoms with Gasteiger partial charge in [0, 0.05) is 5.69 Å². The highest BCUT2D eigenvalue weighted by molar-refractivity contribution is 7.18. The Kier molecular flexibility index (Phi) is 3.22. The maximum atomic E-state index is 6.22. The molecule has 104 valence electrons. The zero-order valence-corrected chi connectivity index (χ0v) is 12.8. The number of rotatable bonds is 3. The molecule has 2 N–H and O–H groups in total. The van der Waals surface area contributed by atoms with E-state index >= 15 is 0 Å². The normalized spacial score (nSPS) is 11.3. The molecule has 0 saturated carbocycles. The van der Waals surface area contributed by atoms with Crippen LogP contribution in [-0.2, 0) is 12.8 Å². The lowest BCUT2D eigenvalue weighted by atomic mass is 10.2. The Morgan fingerprint density at radius 1 is 1.20 bits per heavy atom. The number of nitrogen functional groups attached to an aromatic ring is 1. The quantitative estimate of drug-likeness (QED) is 0.750. The van der Waals surface area contributed by atoms with Crippen molar-refractivity contribution in [3.05, 3.63) is 34.6 Å². The molecule has 0 fully saturated rings. The number of nitrogens with zero attached hydrogens (tertiary/aromatic N) is 3. The van der Waals surface area contributed by atoms with Crippen LogP contribution in [0.15, 0.2) is 18.2 Å². The van der Waals surface area contributed by atoms with Crippen LogP contribution in [0.2, 0.25) is 0 Å². The Morgan fingerprint density at radius 3 is 2.70 bits per heavy atom. The van der Waals surface area contributed by atoms with E-state index in [0.29, 0.717) is 0 Å². The van der Waals surface area contributed by atoms with Crippen LogP contribution < -0.4 is 5.73 Å². The molecule has 3 rings (SSSR count). The number of hydrogen-bond donors (Lipinski definition) is 1. The highest BCUT2D eigenvalue weighted by atomic mass is 32.1. The van der Waals surface area contributed by atoms with Crippen LogP contribution in [0.25, 0.3) is 15.9 Å². The molecule has 0 radical (unpaired) electrons. The van der Waals surface area contributed by atoms with Gasteiger partial charge in [0.2, 0.25) is 0 Å². The second kappa shape index (κ2) is 4.90. The second-order valence-corrected chi connectivity index (χ2v) is 6.09. The first kappa shape index (κ1) is 13.1. The number of benzene rings is 1. The van der Waals surface area contributed by atoms with Crippen molar-refractivity contribution in [1.29, 1.82) is 0 Å². The van der Waals surface area contributed by atoms with E-state index in [0.717, 1.165) is 45.1 Å². The van der Waals surface area contributed by atoms with E-state index in [2.05, 4.69) is 30.0 Å². The molecule has 2 heterocycles. The second-order valence-electron chi connectivity index (χ2n) is 4.86. The Labute approximate surface area is 122 Å². The summed E-state index contributed by atoms with van der Waals surface area (Å²) >= 11 is 1.67. The first-order chi connectivity index (χ1) is 9.62. The van der Waals surface area contributed by atoms with Crippen molar-refractivity contribution >= 4 is 27.2 Å². The summed E-state index contributed by atoms with van der Waals surface area (Å²) < 4.78 is 3.09. The summed E-state index contributed by atoms with van der Waals surface area (Å²) in [6.45, 7) is 6.26. The highest BCUT2D eigenvalue weighted by Gasteiger charge is 2.12. The van der Waals surface area contributed by atoms with Gasteiger partial charge >= 0.3 is 0 Å². The Hall–Kier alpha value is -1.88. The van der Waals surface area contributed by atoms with Crippen molar-refractivity contribution in [1.82, 2.24) is 14.8 Å². The minimum atomic E-state index is 0.751. The summed E-state index contributed by atoms with van der Waals surface area (Å²) in [4.78, 5) is 4.54. The minimum absolute atomic E-state index is 0.751. The zero-order valence-electron chi connectivity index (χ0n) is 12.0. The summed E-state index contributed by atoms with van der Waals surface area (Å²) in [6, 6.07) is 6.19. The van der Waals surface area contributed by atoms with Crippen LogP contribution in [0.1, 0.15) is 30.2 Å². The van der Waals surface area contributed by atoms with Gasteiger partial charge in [-0.05, 0) is 38.0 Å². The van der Waals surface area contributed by atoms with E-state index in [9.17, 15) is 0 Å². The van der Waals surface area contributed by atoms with Gasteiger partial charge in [0.15, 0.2) is 0 Å². The van der Waals surface area contributed by atoms with Crippen molar-refractivity contribution in [2.24, 2.45) is 0 Å². The van der Waals surface area contributed by atoms with Crippen LogP contribution in [0.5, 0.6) is 0 Å².